The highest BCUT2D eigenvalue weighted by Gasteiger charge is 2.47. The van der Waals surface area contributed by atoms with Crippen molar-refractivity contribution in [2.45, 2.75) is 43.7 Å². The summed E-state index contributed by atoms with van der Waals surface area (Å²) in [4.78, 5) is 39.1. The van der Waals surface area contributed by atoms with Gasteiger partial charge in [0.2, 0.25) is 5.91 Å². The predicted molar refractivity (Wildman–Crippen MR) is 125 cm³/mol. The van der Waals surface area contributed by atoms with Crippen molar-refractivity contribution in [3.63, 3.8) is 0 Å². The summed E-state index contributed by atoms with van der Waals surface area (Å²) in [7, 11) is 1.51. The van der Waals surface area contributed by atoms with Crippen LogP contribution in [-0.4, -0.2) is 66.4 Å². The molecule has 8 heteroatoms. The summed E-state index contributed by atoms with van der Waals surface area (Å²) in [6, 6.07) is 15.2. The van der Waals surface area contributed by atoms with Crippen molar-refractivity contribution in [2.24, 2.45) is 0 Å². The second-order valence-corrected chi connectivity index (χ2v) is 8.98. The highest BCUT2D eigenvalue weighted by molar-refractivity contribution is 5.91. The third kappa shape index (κ3) is 4.37. The molecule has 180 valence electrons. The van der Waals surface area contributed by atoms with Crippen LogP contribution in [0.15, 0.2) is 48.5 Å². The van der Waals surface area contributed by atoms with Gasteiger partial charge in [-0.1, -0.05) is 48.5 Å². The van der Waals surface area contributed by atoms with Crippen molar-refractivity contribution in [2.75, 3.05) is 26.9 Å². The molecule has 2 amide bonds. The van der Waals surface area contributed by atoms with Crippen LogP contribution in [0.3, 0.4) is 0 Å². The van der Waals surface area contributed by atoms with Gasteiger partial charge in [-0.15, -0.1) is 0 Å². The molecule has 2 aromatic carbocycles. The Labute approximate surface area is 198 Å². The van der Waals surface area contributed by atoms with Crippen LogP contribution in [0.1, 0.15) is 43.2 Å². The number of fused-ring (bicyclic) bond motifs is 3. The Balaban J connectivity index is 1.45. The molecule has 0 spiro atoms. The highest BCUT2D eigenvalue weighted by atomic mass is 16.5. The topological polar surface area (TPSA) is 105 Å². The number of ether oxygens (including phenoxy) is 2. The smallest absolute Gasteiger partial charge is 0.407 e. The largest absolute Gasteiger partial charge is 0.480 e. The average Bonchev–Trinajstić information content (AvgIpc) is 3.39. The fourth-order valence-electron chi connectivity index (χ4n) is 5.00. The minimum absolute atomic E-state index is 0.0971. The predicted octanol–water partition coefficient (Wildman–Crippen LogP) is 3.40. The quantitative estimate of drug-likeness (QED) is 0.618. The number of benzene rings is 2. The lowest BCUT2D eigenvalue weighted by molar-refractivity contribution is -0.156. The van der Waals surface area contributed by atoms with E-state index in [1.807, 2.05) is 36.4 Å². The van der Waals surface area contributed by atoms with E-state index in [4.69, 9.17) is 9.47 Å². The zero-order valence-corrected chi connectivity index (χ0v) is 19.5. The third-order valence-electron chi connectivity index (χ3n) is 6.91. The molecule has 4 rings (SSSR count). The van der Waals surface area contributed by atoms with Crippen molar-refractivity contribution in [3.8, 4) is 11.1 Å². The molecule has 1 fully saturated rings. The number of alkyl carbamates (subject to hydrolysis) is 1. The molecule has 0 radical (unpaired) electrons. The minimum Gasteiger partial charge on any atom is -0.480 e. The van der Waals surface area contributed by atoms with Gasteiger partial charge >= 0.3 is 12.1 Å². The van der Waals surface area contributed by atoms with Crippen molar-refractivity contribution in [3.05, 3.63) is 59.7 Å². The maximum Gasteiger partial charge on any atom is 0.407 e. The normalized spacial score (nSPS) is 19.9. The molecular weight excluding hydrogens is 436 g/mol. The van der Waals surface area contributed by atoms with Gasteiger partial charge in [0, 0.05) is 32.6 Å². The fourth-order valence-corrected chi connectivity index (χ4v) is 5.00. The van der Waals surface area contributed by atoms with Crippen LogP contribution >= 0.6 is 0 Å². The Morgan fingerprint density at radius 1 is 1.12 bits per heavy atom. The number of likely N-dealkylation sites (tertiary alicyclic amines) is 1. The molecule has 1 saturated heterocycles. The fraction of sp³-hybridized carbons (Fsp3) is 0.423. The first-order valence-corrected chi connectivity index (χ1v) is 11.5. The van der Waals surface area contributed by atoms with Crippen molar-refractivity contribution in [1.82, 2.24) is 10.2 Å². The molecule has 34 heavy (non-hydrogen) atoms. The molecule has 0 saturated carbocycles. The zero-order chi connectivity index (χ0) is 24.3. The van der Waals surface area contributed by atoms with Crippen LogP contribution in [0, 0.1) is 0 Å². The summed E-state index contributed by atoms with van der Waals surface area (Å²) in [5.41, 5.74) is 3.16. The van der Waals surface area contributed by atoms with E-state index in [0.717, 1.165) is 22.3 Å². The van der Waals surface area contributed by atoms with Crippen molar-refractivity contribution >= 4 is 18.0 Å². The first-order chi connectivity index (χ1) is 16.4. The van der Waals surface area contributed by atoms with Gasteiger partial charge in [-0.05, 0) is 42.0 Å². The SMILES string of the molecule is COCCC(NC(=O)OCC1c2ccccc2-c2ccccc21)C(=O)N1CCCC1(C)C(=O)O. The van der Waals surface area contributed by atoms with Gasteiger partial charge in [0.15, 0.2) is 0 Å². The van der Waals surface area contributed by atoms with Crippen molar-refractivity contribution < 1.29 is 29.0 Å². The van der Waals surface area contributed by atoms with Gasteiger partial charge < -0.3 is 24.8 Å². The number of methoxy groups -OCH3 is 1. The molecule has 2 unspecified atom stereocenters. The molecule has 8 nitrogen and oxygen atoms in total. The van der Waals surface area contributed by atoms with Gasteiger partial charge in [0.05, 0.1) is 0 Å². The van der Waals surface area contributed by atoms with Crippen molar-refractivity contribution in [1.29, 1.82) is 0 Å². The van der Waals surface area contributed by atoms with E-state index in [9.17, 15) is 19.5 Å². The third-order valence-corrected chi connectivity index (χ3v) is 6.91. The Bertz CT molecular complexity index is 1040. The molecule has 1 heterocycles. The summed E-state index contributed by atoms with van der Waals surface area (Å²) in [5.74, 6) is -1.59. The summed E-state index contributed by atoms with van der Waals surface area (Å²) in [6.07, 6.45) is 0.464. The number of carbonyl (C=O) groups excluding carboxylic acids is 2. The van der Waals surface area contributed by atoms with Crippen LogP contribution in [-0.2, 0) is 19.1 Å². The Hall–Kier alpha value is -3.39. The molecule has 0 aromatic heterocycles. The van der Waals surface area contributed by atoms with Gasteiger partial charge in [-0.25, -0.2) is 9.59 Å². The van der Waals surface area contributed by atoms with Crippen LogP contribution in [0.4, 0.5) is 4.79 Å². The van der Waals surface area contributed by atoms with E-state index in [-0.39, 0.29) is 25.6 Å². The summed E-state index contributed by atoms with van der Waals surface area (Å²) in [6.45, 7) is 2.23. The number of nitrogens with one attached hydrogen (secondary N) is 1. The van der Waals surface area contributed by atoms with Gasteiger partial charge in [-0.2, -0.15) is 0 Å². The number of hydrogen-bond donors (Lipinski definition) is 2. The maximum atomic E-state index is 13.2. The molecular formula is C26H30N2O6. The first kappa shape index (κ1) is 23.8. The minimum atomic E-state index is -1.29. The molecule has 2 N–H and O–H groups in total. The summed E-state index contributed by atoms with van der Waals surface area (Å²) >= 11 is 0. The highest BCUT2D eigenvalue weighted by Crippen LogP contribution is 2.44. The Morgan fingerprint density at radius 2 is 1.74 bits per heavy atom. The summed E-state index contributed by atoms with van der Waals surface area (Å²) in [5, 5.41) is 12.3. The lowest BCUT2D eigenvalue weighted by Crippen LogP contribution is -2.57. The van der Waals surface area contributed by atoms with E-state index in [0.29, 0.717) is 19.4 Å². The second kappa shape index (κ2) is 9.85. The molecule has 1 aliphatic heterocycles. The van der Waals surface area contributed by atoms with Crippen LogP contribution in [0.5, 0.6) is 0 Å². The van der Waals surface area contributed by atoms with Gasteiger partial charge in [0.25, 0.3) is 0 Å². The molecule has 1 aliphatic carbocycles. The number of amides is 2. The maximum absolute atomic E-state index is 13.2. The Kier molecular flexibility index (Phi) is 6.88. The van der Waals surface area contributed by atoms with E-state index < -0.39 is 29.6 Å². The Morgan fingerprint density at radius 3 is 2.32 bits per heavy atom. The van der Waals surface area contributed by atoms with Crippen LogP contribution in [0.2, 0.25) is 0 Å². The van der Waals surface area contributed by atoms with Gasteiger partial charge in [-0.3, -0.25) is 4.79 Å². The standard InChI is InChI=1S/C26H30N2O6/c1-26(24(30)31)13-7-14-28(26)23(29)22(12-15-33-2)27-25(32)34-16-21-19-10-5-3-8-17(19)18-9-4-6-11-20(18)21/h3-6,8-11,21-22H,7,12-16H2,1-2H3,(H,27,32)(H,30,31). The van der Waals surface area contributed by atoms with E-state index in [1.165, 1.54) is 12.0 Å². The zero-order valence-electron chi connectivity index (χ0n) is 19.5. The average molecular weight is 467 g/mol. The number of nitrogens with zero attached hydrogens (tertiary/aromatic N) is 1. The molecule has 0 bridgehead atoms. The number of aliphatic carboxylic acids is 1. The second-order valence-electron chi connectivity index (χ2n) is 8.98. The molecule has 2 aromatic rings. The molecule has 2 atom stereocenters. The van der Waals surface area contributed by atoms with E-state index >= 15 is 0 Å². The summed E-state index contributed by atoms with van der Waals surface area (Å²) < 4.78 is 10.7. The lowest BCUT2D eigenvalue weighted by atomic mass is 9.98. The number of rotatable bonds is 8. The van der Waals surface area contributed by atoms with E-state index in [2.05, 4.69) is 17.4 Å². The monoisotopic (exact) mass is 466 g/mol. The van der Waals surface area contributed by atoms with E-state index in [1.54, 1.807) is 6.92 Å². The van der Waals surface area contributed by atoms with Crippen LogP contribution < -0.4 is 5.32 Å². The number of hydrogen-bond acceptors (Lipinski definition) is 5. The lowest BCUT2D eigenvalue weighted by Gasteiger charge is -2.34. The molecule has 2 aliphatic rings. The number of carbonyl (C=O) groups is 3. The number of carboxylic acid groups (broad SMARTS) is 1. The van der Waals surface area contributed by atoms with Gasteiger partial charge in [0.1, 0.15) is 18.2 Å². The first-order valence-electron chi connectivity index (χ1n) is 11.5. The number of carboxylic acids is 1. The van der Waals surface area contributed by atoms with Crippen LogP contribution in [0.25, 0.3) is 11.1 Å².